The van der Waals surface area contributed by atoms with Gasteiger partial charge in [-0.2, -0.15) is 0 Å². The number of alkyl carbamates (subject to hydrolysis) is 2. The van der Waals surface area contributed by atoms with Crippen molar-refractivity contribution in [3.05, 3.63) is 83.7 Å². The Morgan fingerprint density at radius 3 is 1.36 bits per heavy atom. The Kier molecular flexibility index (Phi) is 10.5. The van der Waals surface area contributed by atoms with Crippen LogP contribution in [0.25, 0.3) is 22.5 Å². The number of methoxy groups -OCH3 is 2. The van der Waals surface area contributed by atoms with Crippen LogP contribution in [-0.2, 0) is 19.1 Å². The summed E-state index contributed by atoms with van der Waals surface area (Å²) in [5.74, 6) is 8.49. The smallest absolute Gasteiger partial charge is 0.407 e. The first-order chi connectivity index (χ1) is 27.9. The first kappa shape index (κ1) is 38.8. The van der Waals surface area contributed by atoms with E-state index in [0.29, 0.717) is 11.8 Å². The van der Waals surface area contributed by atoms with Crippen molar-refractivity contribution < 1.29 is 28.7 Å². The maximum Gasteiger partial charge on any atom is 0.407 e. The minimum atomic E-state index is -0.679. The largest absolute Gasteiger partial charge is 0.453 e. The molecule has 14 heteroatoms. The molecule has 14 nitrogen and oxygen atoms in total. The van der Waals surface area contributed by atoms with E-state index < -0.39 is 24.3 Å². The Hall–Kier alpha value is -6.10. The minimum Gasteiger partial charge on any atom is -0.453 e. The summed E-state index contributed by atoms with van der Waals surface area (Å²) in [6, 6.07) is 14.5. The van der Waals surface area contributed by atoms with Crippen molar-refractivity contribution in [1.29, 1.82) is 0 Å². The van der Waals surface area contributed by atoms with Gasteiger partial charge in [0, 0.05) is 23.2 Å². The molecule has 4 aliphatic rings. The van der Waals surface area contributed by atoms with Gasteiger partial charge in [0.1, 0.15) is 23.7 Å². The predicted octanol–water partition coefficient (Wildman–Crippen LogP) is 5.95. The molecule has 4 amide bonds. The quantitative estimate of drug-likeness (QED) is 0.143. The number of nitrogens with zero attached hydrogens (tertiary/aromatic N) is 4. The molecule has 2 saturated heterocycles. The number of piperidine rings is 2. The number of aromatic amines is 2. The van der Waals surface area contributed by atoms with E-state index in [1.165, 1.54) is 14.2 Å². The standard InChI is InChI=1S/C44H50N8O6/c1-23(2)37(49-43(55)57-5)41(53)51-33-17-29(33)19-35(51)39-45-21-31(47-39)27-13-9-25(10-14-27)7-8-26-11-15-28(16-12-26)32-22-46-40(48-32)36-20-30-18-34(30)52(36)42(54)38(24(3)4)50-44(56)58-6/h9-16,21-24,29-30,33-38H,17-20H2,1-6H3,(H,45,47)(H,46,48)(H,49,55)(H,50,56)/t29-,30-,33-,34-,35+,36+,37-,38+/m0/s1. The number of ether oxygens (including phenoxy) is 2. The van der Waals surface area contributed by atoms with Crippen molar-refractivity contribution in [3.63, 3.8) is 0 Å². The third-order valence-electron chi connectivity index (χ3n) is 12.1. The van der Waals surface area contributed by atoms with E-state index in [-0.39, 0.29) is 47.8 Å². The van der Waals surface area contributed by atoms with Gasteiger partial charge in [0.15, 0.2) is 0 Å². The predicted molar refractivity (Wildman–Crippen MR) is 215 cm³/mol. The number of fused-ring (bicyclic) bond motifs is 2. The van der Waals surface area contributed by atoms with Gasteiger partial charge in [-0.15, -0.1) is 0 Å². The van der Waals surface area contributed by atoms with Gasteiger partial charge in [0.25, 0.3) is 0 Å². The lowest BCUT2D eigenvalue weighted by atomic mass is 10.0. The monoisotopic (exact) mass is 786 g/mol. The molecule has 2 aromatic carbocycles. The summed E-state index contributed by atoms with van der Waals surface area (Å²) in [7, 11) is 2.59. The van der Waals surface area contributed by atoms with Crippen LogP contribution >= 0.6 is 0 Å². The van der Waals surface area contributed by atoms with Crippen molar-refractivity contribution in [2.75, 3.05) is 14.2 Å². The normalized spacial score (nSPS) is 23.7. The van der Waals surface area contributed by atoms with Crippen molar-refractivity contribution in [3.8, 4) is 34.4 Å². The van der Waals surface area contributed by atoms with Gasteiger partial charge in [-0.1, -0.05) is 63.8 Å². The molecule has 0 unspecified atom stereocenters. The molecule has 4 N–H and O–H groups in total. The molecule has 2 aliphatic carbocycles. The van der Waals surface area contributed by atoms with Crippen LogP contribution in [0.5, 0.6) is 0 Å². The Bertz CT molecular complexity index is 2100. The van der Waals surface area contributed by atoms with Gasteiger partial charge in [-0.3, -0.25) is 9.59 Å². The number of imidazole rings is 2. The van der Waals surface area contributed by atoms with Crippen LogP contribution in [-0.4, -0.2) is 92.1 Å². The fourth-order valence-corrected chi connectivity index (χ4v) is 8.67. The lowest BCUT2D eigenvalue weighted by molar-refractivity contribution is -0.137. The molecule has 4 aromatic rings. The van der Waals surface area contributed by atoms with Gasteiger partial charge in [-0.25, -0.2) is 19.6 Å². The van der Waals surface area contributed by atoms with E-state index in [1.54, 1.807) is 12.4 Å². The van der Waals surface area contributed by atoms with Gasteiger partial charge in [0.05, 0.1) is 50.1 Å². The van der Waals surface area contributed by atoms with Gasteiger partial charge < -0.3 is 39.9 Å². The number of nitrogens with one attached hydrogen (secondary N) is 4. The number of carbonyl (C=O) groups is 4. The zero-order valence-electron chi connectivity index (χ0n) is 33.6. The van der Waals surface area contributed by atoms with Crippen LogP contribution < -0.4 is 10.6 Å². The van der Waals surface area contributed by atoms with Crippen LogP contribution in [0.3, 0.4) is 0 Å². The second-order valence-corrected chi connectivity index (χ2v) is 16.6. The van der Waals surface area contributed by atoms with Crippen LogP contribution in [0.4, 0.5) is 9.59 Å². The number of carbonyl (C=O) groups excluding carboxylic acids is 4. The highest BCUT2D eigenvalue weighted by atomic mass is 16.5. The molecule has 4 heterocycles. The fraction of sp³-hybridized carbons (Fsp3) is 0.455. The number of H-pyrrole nitrogens is 2. The SMILES string of the molecule is COC(=O)N[C@H](C(=O)N1[C@@H](c2ncc(-c3ccc(C#Cc4ccc(-c5cnc([C@H]6C[C@@H]7C[C@@H]7N6C(=O)[C@H](NC(=O)OC)C(C)C)[nH]5)cc4)cc3)[nH]2)C[C@@H]2C[C@@H]21)C(C)C. The first-order valence-corrected chi connectivity index (χ1v) is 20.1. The number of rotatable bonds is 10. The van der Waals surface area contributed by atoms with Crippen LogP contribution in [0.1, 0.15) is 88.2 Å². The molecule has 2 aliphatic heterocycles. The minimum absolute atomic E-state index is 0.0994. The molecule has 302 valence electrons. The second-order valence-electron chi connectivity index (χ2n) is 16.6. The molecule has 4 fully saturated rings. The summed E-state index contributed by atoms with van der Waals surface area (Å²) in [5, 5.41) is 5.45. The maximum absolute atomic E-state index is 13.7. The number of hydrogen-bond acceptors (Lipinski definition) is 8. The number of hydrogen-bond donors (Lipinski definition) is 4. The third-order valence-corrected chi connectivity index (χ3v) is 12.1. The molecule has 2 saturated carbocycles. The summed E-state index contributed by atoms with van der Waals surface area (Å²) in [5.41, 5.74) is 5.36. The highest BCUT2D eigenvalue weighted by molar-refractivity contribution is 5.88. The Balaban J connectivity index is 0.903. The zero-order valence-corrected chi connectivity index (χ0v) is 33.6. The van der Waals surface area contributed by atoms with Crippen LogP contribution in [0.15, 0.2) is 60.9 Å². The van der Waals surface area contributed by atoms with E-state index in [2.05, 4.69) is 32.4 Å². The molecule has 8 rings (SSSR count). The average Bonchev–Trinajstić information content (AvgIpc) is 3.81. The zero-order chi connectivity index (χ0) is 40.8. The third kappa shape index (κ3) is 7.65. The van der Waals surface area contributed by atoms with Gasteiger partial charge in [0.2, 0.25) is 11.8 Å². The number of aromatic nitrogens is 4. The molecule has 2 aromatic heterocycles. The second kappa shape index (κ2) is 15.7. The Labute approximate surface area is 337 Å². The summed E-state index contributed by atoms with van der Waals surface area (Å²) in [6.45, 7) is 7.66. The maximum atomic E-state index is 13.7. The Morgan fingerprint density at radius 1 is 0.638 bits per heavy atom. The lowest BCUT2D eigenvalue weighted by Gasteiger charge is -2.31. The van der Waals surface area contributed by atoms with E-state index in [0.717, 1.165) is 71.0 Å². The highest BCUT2D eigenvalue weighted by Gasteiger charge is 2.57. The van der Waals surface area contributed by atoms with Crippen molar-refractivity contribution in [2.24, 2.45) is 23.7 Å². The number of benzene rings is 2. The number of likely N-dealkylation sites (tertiary alicyclic amines) is 2. The van der Waals surface area contributed by atoms with Crippen molar-refractivity contribution in [2.45, 2.75) is 89.6 Å². The lowest BCUT2D eigenvalue weighted by Crippen LogP contribution is -2.52. The van der Waals surface area contributed by atoms with E-state index in [1.807, 2.05) is 86.0 Å². The molecule has 58 heavy (non-hydrogen) atoms. The summed E-state index contributed by atoms with van der Waals surface area (Å²) >= 11 is 0. The number of amides is 4. The van der Waals surface area contributed by atoms with Crippen molar-refractivity contribution in [1.82, 2.24) is 40.4 Å². The van der Waals surface area contributed by atoms with Crippen LogP contribution in [0.2, 0.25) is 0 Å². The molecule has 8 atom stereocenters. The summed E-state index contributed by atoms with van der Waals surface area (Å²) < 4.78 is 9.57. The molecule has 0 spiro atoms. The average molecular weight is 787 g/mol. The highest BCUT2D eigenvalue weighted by Crippen LogP contribution is 2.54. The summed E-state index contributed by atoms with van der Waals surface area (Å²) in [4.78, 5) is 71.7. The van der Waals surface area contributed by atoms with E-state index in [9.17, 15) is 19.2 Å². The first-order valence-electron chi connectivity index (χ1n) is 20.1. The fourth-order valence-electron chi connectivity index (χ4n) is 8.67. The van der Waals surface area contributed by atoms with E-state index >= 15 is 0 Å². The molecular weight excluding hydrogens is 737 g/mol. The van der Waals surface area contributed by atoms with Crippen LogP contribution in [0, 0.1) is 35.5 Å². The Morgan fingerprint density at radius 2 is 1.02 bits per heavy atom. The molecule has 0 radical (unpaired) electrons. The van der Waals surface area contributed by atoms with Gasteiger partial charge in [-0.05, 0) is 84.7 Å². The topological polar surface area (TPSA) is 175 Å². The van der Waals surface area contributed by atoms with Crippen molar-refractivity contribution >= 4 is 24.0 Å². The molecular formula is C44H50N8O6. The molecule has 0 bridgehead atoms. The summed E-state index contributed by atoms with van der Waals surface area (Å²) in [6.07, 6.45) is 6.00. The van der Waals surface area contributed by atoms with E-state index in [4.69, 9.17) is 19.4 Å². The van der Waals surface area contributed by atoms with Gasteiger partial charge >= 0.3 is 12.2 Å².